The van der Waals surface area contributed by atoms with Gasteiger partial charge in [-0.25, -0.2) is 0 Å². The molecule has 1 aromatic rings. The van der Waals surface area contributed by atoms with Gasteiger partial charge in [-0.3, -0.25) is 0 Å². The van der Waals surface area contributed by atoms with Crippen molar-refractivity contribution >= 4 is 11.6 Å². The summed E-state index contributed by atoms with van der Waals surface area (Å²) in [6.45, 7) is 5.78. The lowest BCUT2D eigenvalue weighted by atomic mass is 10.0. The molecule has 1 aromatic carbocycles. The number of aryl methyl sites for hydroxylation is 1. The molecule has 0 spiro atoms. The molecule has 98 valence electrons. The first-order valence-electron chi connectivity index (χ1n) is 7.06. The summed E-state index contributed by atoms with van der Waals surface area (Å²) >= 11 is 6.37. The van der Waals surface area contributed by atoms with Crippen molar-refractivity contribution in [2.45, 2.75) is 25.7 Å². The van der Waals surface area contributed by atoms with Crippen molar-refractivity contribution in [3.05, 3.63) is 33.8 Å². The maximum absolute atomic E-state index is 6.37. The van der Waals surface area contributed by atoms with Crippen LogP contribution in [0.15, 0.2) is 12.1 Å². The van der Waals surface area contributed by atoms with Gasteiger partial charge in [0.15, 0.2) is 0 Å². The fourth-order valence-electron chi connectivity index (χ4n) is 3.08. The summed E-state index contributed by atoms with van der Waals surface area (Å²) in [5.74, 6) is 0. The Morgan fingerprint density at radius 1 is 1.17 bits per heavy atom. The predicted molar refractivity (Wildman–Crippen MR) is 76.5 cm³/mol. The van der Waals surface area contributed by atoms with E-state index in [0.717, 1.165) is 31.1 Å². The van der Waals surface area contributed by atoms with Crippen LogP contribution in [0.2, 0.25) is 5.02 Å². The highest BCUT2D eigenvalue weighted by Gasteiger charge is 2.16. The van der Waals surface area contributed by atoms with E-state index in [-0.39, 0.29) is 0 Å². The quantitative estimate of drug-likeness (QED) is 0.901. The van der Waals surface area contributed by atoms with Crippen molar-refractivity contribution in [2.24, 2.45) is 0 Å². The smallest absolute Gasteiger partial charge is 0.0443 e. The number of nitrogens with one attached hydrogen (secondary N) is 1. The number of halogens is 1. The van der Waals surface area contributed by atoms with Crippen LogP contribution in [0, 0.1) is 0 Å². The Morgan fingerprint density at radius 2 is 2.00 bits per heavy atom. The zero-order valence-electron chi connectivity index (χ0n) is 10.8. The molecule has 0 aromatic heterocycles. The minimum Gasteiger partial charge on any atom is -0.314 e. The average molecular weight is 265 g/mol. The molecule has 2 aliphatic rings. The molecule has 3 rings (SSSR count). The van der Waals surface area contributed by atoms with Gasteiger partial charge in [-0.1, -0.05) is 17.7 Å². The van der Waals surface area contributed by atoms with Crippen LogP contribution in [0.1, 0.15) is 23.1 Å². The lowest BCUT2D eigenvalue weighted by Crippen LogP contribution is -2.44. The molecule has 18 heavy (non-hydrogen) atoms. The van der Waals surface area contributed by atoms with Crippen LogP contribution in [-0.2, 0) is 19.3 Å². The van der Waals surface area contributed by atoms with E-state index < -0.39 is 0 Å². The van der Waals surface area contributed by atoms with Gasteiger partial charge in [0.2, 0.25) is 0 Å². The van der Waals surface area contributed by atoms with Gasteiger partial charge >= 0.3 is 0 Å². The molecular formula is C15H21ClN2. The van der Waals surface area contributed by atoms with Gasteiger partial charge in [-0.2, -0.15) is 0 Å². The maximum atomic E-state index is 6.37. The molecule has 1 N–H and O–H groups in total. The largest absolute Gasteiger partial charge is 0.314 e. The van der Waals surface area contributed by atoms with E-state index in [1.165, 1.54) is 49.0 Å². The Bertz CT molecular complexity index is 425. The van der Waals surface area contributed by atoms with Crippen molar-refractivity contribution in [3.8, 4) is 0 Å². The standard InChI is InChI=1S/C15H21ClN2/c16-15-11-12(10-13-2-1-3-14(13)15)4-7-18-8-5-17-6-9-18/h10-11,17H,1-9H2. The van der Waals surface area contributed by atoms with Crippen molar-refractivity contribution in [2.75, 3.05) is 32.7 Å². The molecule has 1 saturated heterocycles. The Balaban J connectivity index is 1.64. The summed E-state index contributed by atoms with van der Waals surface area (Å²) in [4.78, 5) is 2.54. The third-order valence-corrected chi connectivity index (χ3v) is 4.48. The van der Waals surface area contributed by atoms with Crippen molar-refractivity contribution < 1.29 is 0 Å². The first-order valence-corrected chi connectivity index (χ1v) is 7.44. The molecule has 0 radical (unpaired) electrons. The Morgan fingerprint density at radius 3 is 2.83 bits per heavy atom. The van der Waals surface area contributed by atoms with E-state index in [1.807, 2.05) is 0 Å². The second-order valence-corrected chi connectivity index (χ2v) is 5.82. The zero-order chi connectivity index (χ0) is 12.4. The van der Waals surface area contributed by atoms with Crippen LogP contribution >= 0.6 is 11.6 Å². The van der Waals surface area contributed by atoms with E-state index in [9.17, 15) is 0 Å². The molecule has 1 heterocycles. The van der Waals surface area contributed by atoms with E-state index in [4.69, 9.17) is 11.6 Å². The van der Waals surface area contributed by atoms with E-state index >= 15 is 0 Å². The second kappa shape index (κ2) is 5.60. The molecule has 3 heteroatoms. The van der Waals surface area contributed by atoms with Crippen molar-refractivity contribution in [1.29, 1.82) is 0 Å². The Labute approximate surface area is 114 Å². The summed E-state index contributed by atoms with van der Waals surface area (Å²) in [6.07, 6.45) is 4.80. The monoisotopic (exact) mass is 264 g/mol. The van der Waals surface area contributed by atoms with Gasteiger partial charge in [0.1, 0.15) is 0 Å². The zero-order valence-corrected chi connectivity index (χ0v) is 11.6. The van der Waals surface area contributed by atoms with Crippen LogP contribution in [0.3, 0.4) is 0 Å². The minimum atomic E-state index is 1.00. The number of fused-ring (bicyclic) bond motifs is 1. The van der Waals surface area contributed by atoms with Gasteiger partial charge in [0.25, 0.3) is 0 Å². The Hall–Kier alpha value is -0.570. The third kappa shape index (κ3) is 2.71. The Kier molecular flexibility index (Phi) is 3.88. The van der Waals surface area contributed by atoms with Gasteiger partial charge < -0.3 is 10.2 Å². The van der Waals surface area contributed by atoms with Crippen LogP contribution in [0.5, 0.6) is 0 Å². The first kappa shape index (κ1) is 12.5. The van der Waals surface area contributed by atoms with Gasteiger partial charge in [0.05, 0.1) is 0 Å². The predicted octanol–water partition coefficient (Wildman–Crippen LogP) is 2.28. The number of rotatable bonds is 3. The van der Waals surface area contributed by atoms with Crippen LogP contribution in [0.4, 0.5) is 0 Å². The average Bonchev–Trinajstić information content (AvgIpc) is 2.86. The number of nitrogens with zero attached hydrogens (tertiary/aromatic N) is 1. The van der Waals surface area contributed by atoms with Gasteiger partial charge in [0, 0.05) is 37.7 Å². The SMILES string of the molecule is Clc1cc(CCN2CCNCC2)cc2c1CCC2. The number of benzene rings is 1. The molecule has 1 fully saturated rings. The molecule has 0 unspecified atom stereocenters. The molecule has 0 amide bonds. The topological polar surface area (TPSA) is 15.3 Å². The fourth-order valence-corrected chi connectivity index (χ4v) is 3.44. The summed E-state index contributed by atoms with van der Waals surface area (Å²) in [5, 5.41) is 4.39. The normalized spacial score (nSPS) is 20.1. The summed E-state index contributed by atoms with van der Waals surface area (Å²) in [7, 11) is 0. The maximum Gasteiger partial charge on any atom is 0.0443 e. The lowest BCUT2D eigenvalue weighted by molar-refractivity contribution is 0.244. The van der Waals surface area contributed by atoms with E-state index in [0.29, 0.717) is 0 Å². The highest BCUT2D eigenvalue weighted by atomic mass is 35.5. The second-order valence-electron chi connectivity index (χ2n) is 5.41. The summed E-state index contributed by atoms with van der Waals surface area (Å²) in [5.41, 5.74) is 4.32. The molecule has 1 aliphatic carbocycles. The molecule has 0 saturated carbocycles. The van der Waals surface area contributed by atoms with Crippen LogP contribution < -0.4 is 5.32 Å². The van der Waals surface area contributed by atoms with Crippen LogP contribution in [-0.4, -0.2) is 37.6 Å². The molecular weight excluding hydrogens is 244 g/mol. The fraction of sp³-hybridized carbons (Fsp3) is 0.600. The van der Waals surface area contributed by atoms with Crippen molar-refractivity contribution in [3.63, 3.8) is 0 Å². The number of hydrogen-bond donors (Lipinski definition) is 1. The molecule has 1 aliphatic heterocycles. The number of piperazine rings is 1. The molecule has 0 bridgehead atoms. The van der Waals surface area contributed by atoms with Crippen molar-refractivity contribution in [1.82, 2.24) is 10.2 Å². The van der Waals surface area contributed by atoms with Crippen LogP contribution in [0.25, 0.3) is 0 Å². The summed E-state index contributed by atoms with van der Waals surface area (Å²) < 4.78 is 0. The molecule has 2 nitrogen and oxygen atoms in total. The highest BCUT2D eigenvalue weighted by Crippen LogP contribution is 2.30. The number of hydrogen-bond acceptors (Lipinski definition) is 2. The molecule has 0 atom stereocenters. The van der Waals surface area contributed by atoms with Gasteiger partial charge in [-0.05, 0) is 48.4 Å². The third-order valence-electron chi connectivity index (χ3n) is 4.15. The lowest BCUT2D eigenvalue weighted by Gasteiger charge is -2.27. The van der Waals surface area contributed by atoms with E-state index in [1.54, 1.807) is 0 Å². The van der Waals surface area contributed by atoms with Gasteiger partial charge in [-0.15, -0.1) is 0 Å². The minimum absolute atomic E-state index is 1.00. The van der Waals surface area contributed by atoms with E-state index in [2.05, 4.69) is 22.3 Å². The highest BCUT2D eigenvalue weighted by molar-refractivity contribution is 6.31. The first-order chi connectivity index (χ1) is 8.83. The summed E-state index contributed by atoms with van der Waals surface area (Å²) in [6, 6.07) is 4.57.